The van der Waals surface area contributed by atoms with Crippen molar-refractivity contribution in [3.05, 3.63) is 58.9 Å². The highest BCUT2D eigenvalue weighted by Crippen LogP contribution is 2.18. The van der Waals surface area contributed by atoms with E-state index in [0.29, 0.717) is 11.6 Å². The number of carbonyl (C=O) groups is 1. The van der Waals surface area contributed by atoms with E-state index in [9.17, 15) is 4.79 Å². The normalized spacial score (nSPS) is 11.2. The summed E-state index contributed by atoms with van der Waals surface area (Å²) in [6, 6.07) is 13.5. The number of fused-ring (bicyclic) bond motifs is 1. The molecule has 2 aromatic carbocycles. The molecule has 24 heavy (non-hydrogen) atoms. The zero-order chi connectivity index (χ0) is 17.1. The van der Waals surface area contributed by atoms with Gasteiger partial charge >= 0.3 is 0 Å². The van der Waals surface area contributed by atoms with Crippen LogP contribution in [0, 0.1) is 0 Å². The summed E-state index contributed by atoms with van der Waals surface area (Å²) in [6.07, 6.45) is 0. The maximum atomic E-state index is 11.0. The van der Waals surface area contributed by atoms with Crippen molar-refractivity contribution in [2.75, 3.05) is 12.4 Å². The number of hydrogen-bond donors (Lipinski definition) is 2. The Kier molecular flexibility index (Phi) is 4.83. The Bertz CT molecular complexity index is 857. The molecule has 0 unspecified atom stereocenters. The summed E-state index contributed by atoms with van der Waals surface area (Å²) in [6.45, 7) is 3.00. The molecule has 0 bridgehead atoms. The highest BCUT2D eigenvalue weighted by atomic mass is 35.5. The van der Waals surface area contributed by atoms with Crippen LogP contribution >= 0.6 is 11.6 Å². The van der Waals surface area contributed by atoms with Crippen LogP contribution < -0.4 is 5.32 Å². The van der Waals surface area contributed by atoms with Crippen molar-refractivity contribution in [1.29, 1.82) is 0 Å². The van der Waals surface area contributed by atoms with E-state index in [-0.39, 0.29) is 5.91 Å². The highest BCUT2D eigenvalue weighted by Gasteiger charge is 2.07. The van der Waals surface area contributed by atoms with Gasteiger partial charge in [0, 0.05) is 24.2 Å². The predicted octanol–water partition coefficient (Wildman–Crippen LogP) is 3.81. The van der Waals surface area contributed by atoms with Gasteiger partial charge in [-0.15, -0.1) is 0 Å². The van der Waals surface area contributed by atoms with Crippen LogP contribution in [0.25, 0.3) is 11.0 Å². The second-order valence-corrected chi connectivity index (χ2v) is 6.33. The Hall–Kier alpha value is -2.37. The number of H-pyrrole nitrogens is 1. The first-order valence-electron chi connectivity index (χ1n) is 7.69. The molecule has 0 fully saturated rings. The number of anilines is 1. The van der Waals surface area contributed by atoms with Crippen molar-refractivity contribution in [1.82, 2.24) is 14.9 Å². The molecule has 1 aromatic heterocycles. The molecule has 1 amide bonds. The van der Waals surface area contributed by atoms with Crippen LogP contribution in [0.4, 0.5) is 5.69 Å². The molecule has 3 rings (SSSR count). The summed E-state index contributed by atoms with van der Waals surface area (Å²) in [5, 5.41) is 3.47. The van der Waals surface area contributed by atoms with Crippen molar-refractivity contribution < 1.29 is 4.79 Å². The number of aromatic nitrogens is 2. The average Bonchev–Trinajstić information content (AvgIpc) is 2.89. The van der Waals surface area contributed by atoms with Gasteiger partial charge in [-0.05, 0) is 42.9 Å². The minimum Gasteiger partial charge on any atom is -0.341 e. The zero-order valence-corrected chi connectivity index (χ0v) is 14.4. The van der Waals surface area contributed by atoms with E-state index < -0.39 is 0 Å². The SMILES string of the molecule is CC(=O)Nc1ccc(CN(C)Cc2nc3ccc(Cl)cc3[nH]2)cc1. The fourth-order valence-electron chi connectivity index (χ4n) is 2.63. The lowest BCUT2D eigenvalue weighted by molar-refractivity contribution is -0.114. The summed E-state index contributed by atoms with van der Waals surface area (Å²) < 4.78 is 0. The summed E-state index contributed by atoms with van der Waals surface area (Å²) >= 11 is 6.00. The van der Waals surface area contributed by atoms with E-state index in [2.05, 4.69) is 20.2 Å². The molecule has 0 radical (unpaired) electrons. The molecule has 2 N–H and O–H groups in total. The number of rotatable bonds is 5. The van der Waals surface area contributed by atoms with Gasteiger partial charge in [-0.25, -0.2) is 4.98 Å². The molecule has 3 aromatic rings. The molecule has 0 spiro atoms. The summed E-state index contributed by atoms with van der Waals surface area (Å²) in [5.74, 6) is 0.842. The highest BCUT2D eigenvalue weighted by molar-refractivity contribution is 6.31. The number of halogens is 1. The lowest BCUT2D eigenvalue weighted by Gasteiger charge is -2.15. The third kappa shape index (κ3) is 4.13. The fraction of sp³-hybridized carbons (Fsp3) is 0.222. The van der Waals surface area contributed by atoms with E-state index in [0.717, 1.165) is 29.1 Å². The minimum absolute atomic E-state index is 0.0649. The number of amides is 1. The largest absolute Gasteiger partial charge is 0.341 e. The first kappa shape index (κ1) is 16.5. The van der Waals surface area contributed by atoms with Gasteiger partial charge in [-0.2, -0.15) is 0 Å². The Balaban J connectivity index is 1.63. The number of nitrogens with one attached hydrogen (secondary N) is 2. The number of hydrogen-bond acceptors (Lipinski definition) is 3. The molecule has 0 saturated heterocycles. The topological polar surface area (TPSA) is 61.0 Å². The average molecular weight is 343 g/mol. The van der Waals surface area contributed by atoms with Gasteiger partial charge in [-0.3, -0.25) is 9.69 Å². The van der Waals surface area contributed by atoms with Crippen molar-refractivity contribution in [3.63, 3.8) is 0 Å². The number of carbonyl (C=O) groups excluding carboxylic acids is 1. The Morgan fingerprint density at radius 2 is 1.96 bits per heavy atom. The van der Waals surface area contributed by atoms with Crippen LogP contribution in [0.2, 0.25) is 5.02 Å². The van der Waals surface area contributed by atoms with Gasteiger partial charge in [-0.1, -0.05) is 23.7 Å². The Labute approximate surface area is 145 Å². The van der Waals surface area contributed by atoms with Gasteiger partial charge in [0.25, 0.3) is 0 Å². The smallest absolute Gasteiger partial charge is 0.221 e. The molecule has 6 heteroatoms. The van der Waals surface area contributed by atoms with Gasteiger partial charge in [0.2, 0.25) is 5.91 Å². The van der Waals surface area contributed by atoms with E-state index in [4.69, 9.17) is 11.6 Å². The minimum atomic E-state index is -0.0649. The van der Waals surface area contributed by atoms with Crippen molar-refractivity contribution in [2.45, 2.75) is 20.0 Å². The molecule has 5 nitrogen and oxygen atoms in total. The second kappa shape index (κ2) is 7.03. The van der Waals surface area contributed by atoms with Gasteiger partial charge in [0.1, 0.15) is 5.82 Å². The Morgan fingerprint density at radius 3 is 2.67 bits per heavy atom. The van der Waals surface area contributed by atoms with Crippen LogP contribution in [0.1, 0.15) is 18.3 Å². The summed E-state index contributed by atoms with van der Waals surface area (Å²) in [4.78, 5) is 21.1. The van der Waals surface area contributed by atoms with Crippen LogP contribution in [0.15, 0.2) is 42.5 Å². The Morgan fingerprint density at radius 1 is 1.21 bits per heavy atom. The van der Waals surface area contributed by atoms with Gasteiger partial charge < -0.3 is 10.3 Å². The quantitative estimate of drug-likeness (QED) is 0.741. The molecular formula is C18H19ClN4O. The molecule has 0 atom stereocenters. The molecule has 0 saturated carbocycles. The van der Waals surface area contributed by atoms with Crippen molar-refractivity contribution in [2.24, 2.45) is 0 Å². The van der Waals surface area contributed by atoms with Crippen LogP contribution in [-0.4, -0.2) is 27.8 Å². The molecule has 1 heterocycles. The van der Waals surface area contributed by atoms with Crippen LogP contribution in [0.5, 0.6) is 0 Å². The summed E-state index contributed by atoms with van der Waals surface area (Å²) in [7, 11) is 2.04. The maximum Gasteiger partial charge on any atom is 0.221 e. The molecule has 124 valence electrons. The fourth-order valence-corrected chi connectivity index (χ4v) is 2.80. The van der Waals surface area contributed by atoms with E-state index in [1.165, 1.54) is 12.5 Å². The maximum absolute atomic E-state index is 11.0. The van der Waals surface area contributed by atoms with Crippen LogP contribution in [-0.2, 0) is 17.9 Å². The standard InChI is InChI=1S/C18H19ClN4O/c1-12(24)20-15-6-3-13(4-7-15)10-23(2)11-18-21-16-8-5-14(19)9-17(16)22-18/h3-9H,10-11H2,1-2H3,(H,20,24)(H,21,22). The first-order chi connectivity index (χ1) is 11.5. The zero-order valence-electron chi connectivity index (χ0n) is 13.6. The van der Waals surface area contributed by atoms with E-state index in [1.54, 1.807) is 0 Å². The third-order valence-electron chi connectivity index (χ3n) is 3.64. The van der Waals surface area contributed by atoms with Crippen molar-refractivity contribution in [3.8, 4) is 0 Å². The first-order valence-corrected chi connectivity index (χ1v) is 8.06. The van der Waals surface area contributed by atoms with Crippen molar-refractivity contribution >= 4 is 34.2 Å². The van der Waals surface area contributed by atoms with Gasteiger partial charge in [0.15, 0.2) is 0 Å². The molecule has 0 aliphatic heterocycles. The lowest BCUT2D eigenvalue weighted by Crippen LogP contribution is -2.18. The lowest BCUT2D eigenvalue weighted by atomic mass is 10.2. The molecule has 0 aliphatic carbocycles. The van der Waals surface area contributed by atoms with E-state index >= 15 is 0 Å². The summed E-state index contributed by atoms with van der Waals surface area (Å²) in [5.41, 5.74) is 3.85. The number of nitrogens with zero attached hydrogens (tertiary/aromatic N) is 2. The molecular weight excluding hydrogens is 324 g/mol. The van der Waals surface area contributed by atoms with Crippen LogP contribution in [0.3, 0.4) is 0 Å². The molecule has 0 aliphatic rings. The third-order valence-corrected chi connectivity index (χ3v) is 3.87. The predicted molar refractivity (Wildman–Crippen MR) is 97.0 cm³/mol. The monoisotopic (exact) mass is 342 g/mol. The van der Waals surface area contributed by atoms with E-state index in [1.807, 2.05) is 49.5 Å². The number of imidazole rings is 1. The number of benzene rings is 2. The second-order valence-electron chi connectivity index (χ2n) is 5.90. The number of aromatic amines is 1. The van der Waals surface area contributed by atoms with Gasteiger partial charge in [0.05, 0.1) is 17.6 Å².